The minimum atomic E-state index is -4.31. The molecule has 0 radical (unpaired) electrons. The van der Waals surface area contributed by atoms with Crippen molar-refractivity contribution in [1.29, 1.82) is 0 Å². The van der Waals surface area contributed by atoms with Crippen molar-refractivity contribution in [3.63, 3.8) is 0 Å². The summed E-state index contributed by atoms with van der Waals surface area (Å²) in [6.45, 7) is 5.63. The Kier molecular flexibility index (Phi) is 7.10. The fraction of sp³-hybridized carbons (Fsp3) is 0.500. The largest absolute Gasteiger partial charge is 0.366 e. The van der Waals surface area contributed by atoms with Crippen LogP contribution < -0.4 is 4.90 Å². The SMILES string of the molecule is C[C@H](c1ccccc1)N(C)c1nc(Cl)nc2c1ccn2[C@@H]1OC(COCP(=O)(O)O)[C@H]2OC(C)(C)O[C@H]21. The van der Waals surface area contributed by atoms with Gasteiger partial charge in [0.2, 0.25) is 5.28 Å². The smallest absolute Gasteiger partial charge is 0.350 e. The first-order chi connectivity index (χ1) is 17.4. The summed E-state index contributed by atoms with van der Waals surface area (Å²) in [5.74, 6) is -0.199. The highest BCUT2D eigenvalue weighted by atomic mass is 35.5. The molecular weight excluding hydrogens is 523 g/mol. The number of hydrogen-bond acceptors (Lipinski definition) is 8. The molecular formula is C24H30ClN4O7P. The Hall–Kier alpha value is -2.08. The molecule has 5 rings (SSSR count). The lowest BCUT2D eigenvalue weighted by Gasteiger charge is -2.27. The minimum absolute atomic E-state index is 0.0220. The maximum absolute atomic E-state index is 11.2. The van der Waals surface area contributed by atoms with Gasteiger partial charge in [0, 0.05) is 13.2 Å². The Morgan fingerprint density at radius 3 is 2.59 bits per heavy atom. The van der Waals surface area contributed by atoms with Crippen LogP contribution in [0.1, 0.15) is 38.6 Å². The molecule has 11 nitrogen and oxygen atoms in total. The molecule has 3 aromatic rings. The molecule has 1 unspecified atom stereocenters. The van der Waals surface area contributed by atoms with E-state index in [4.69, 9.17) is 40.3 Å². The summed E-state index contributed by atoms with van der Waals surface area (Å²) in [4.78, 5) is 29.4. The zero-order valence-electron chi connectivity index (χ0n) is 20.9. The van der Waals surface area contributed by atoms with Gasteiger partial charge in [0.25, 0.3) is 0 Å². The monoisotopic (exact) mass is 552 g/mol. The molecule has 200 valence electrons. The number of nitrogens with zero attached hydrogens (tertiary/aromatic N) is 4. The first kappa shape index (κ1) is 26.5. The normalized spacial score (nSPS) is 25.9. The zero-order chi connectivity index (χ0) is 26.5. The lowest BCUT2D eigenvalue weighted by Crippen LogP contribution is -2.33. The molecule has 4 heterocycles. The van der Waals surface area contributed by atoms with Crippen LogP contribution in [0.3, 0.4) is 0 Å². The maximum Gasteiger partial charge on any atom is 0.350 e. The van der Waals surface area contributed by atoms with Crippen LogP contribution in [-0.2, 0) is 23.5 Å². The van der Waals surface area contributed by atoms with Gasteiger partial charge in [-0.25, -0.2) is 0 Å². The first-order valence-corrected chi connectivity index (χ1v) is 14.1. The second kappa shape index (κ2) is 9.91. The number of benzene rings is 1. The van der Waals surface area contributed by atoms with Gasteiger partial charge in [0.1, 0.15) is 36.1 Å². The molecule has 0 bridgehead atoms. The molecule has 37 heavy (non-hydrogen) atoms. The molecule has 0 aliphatic carbocycles. The van der Waals surface area contributed by atoms with Gasteiger partial charge in [-0.05, 0) is 44.0 Å². The van der Waals surface area contributed by atoms with Gasteiger partial charge in [0.05, 0.1) is 18.0 Å². The topological polar surface area (TPSA) is 128 Å². The van der Waals surface area contributed by atoms with Crippen molar-refractivity contribution in [3.05, 3.63) is 53.4 Å². The molecule has 0 saturated carbocycles. The van der Waals surface area contributed by atoms with Crippen LogP contribution in [0.15, 0.2) is 42.6 Å². The molecule has 5 atom stereocenters. The van der Waals surface area contributed by atoms with Gasteiger partial charge >= 0.3 is 7.60 Å². The average molecular weight is 553 g/mol. The Morgan fingerprint density at radius 2 is 1.89 bits per heavy atom. The van der Waals surface area contributed by atoms with Crippen molar-refractivity contribution in [3.8, 4) is 0 Å². The van der Waals surface area contributed by atoms with E-state index in [1.165, 1.54) is 0 Å². The molecule has 0 amide bonds. The second-order valence-electron chi connectivity index (χ2n) is 9.77. The summed E-state index contributed by atoms with van der Waals surface area (Å²) in [6, 6.07) is 12.0. The summed E-state index contributed by atoms with van der Waals surface area (Å²) >= 11 is 6.40. The number of halogens is 1. The Labute approximate surface area is 219 Å². The highest BCUT2D eigenvalue weighted by molar-refractivity contribution is 7.51. The van der Waals surface area contributed by atoms with E-state index in [1.807, 2.05) is 47.0 Å². The molecule has 2 saturated heterocycles. The number of fused-ring (bicyclic) bond motifs is 2. The standard InChI is InChI=1S/C24H30ClN4O7P/c1-14(15-8-6-5-7-9-15)28(4)20-16-10-11-29(21(16)27-23(25)26-20)22-19-18(35-24(2,3)36-19)17(34-22)12-33-13-37(30,31)32/h5-11,14,17-19,22H,12-13H2,1-4H3,(H2,30,31,32)/t14-,17?,18-,19-,22-/m1/s1. The quantitative estimate of drug-likeness (QED) is 0.314. The second-order valence-corrected chi connectivity index (χ2v) is 11.7. The van der Waals surface area contributed by atoms with E-state index in [-0.39, 0.29) is 17.9 Å². The fourth-order valence-electron chi connectivity index (χ4n) is 4.91. The van der Waals surface area contributed by atoms with Gasteiger partial charge < -0.3 is 38.2 Å². The van der Waals surface area contributed by atoms with E-state index in [2.05, 4.69) is 29.0 Å². The molecule has 2 aromatic heterocycles. The van der Waals surface area contributed by atoms with E-state index in [9.17, 15) is 4.57 Å². The summed E-state index contributed by atoms with van der Waals surface area (Å²) < 4.78 is 36.8. The van der Waals surface area contributed by atoms with E-state index >= 15 is 0 Å². The predicted octanol–water partition coefficient (Wildman–Crippen LogP) is 3.85. The minimum Gasteiger partial charge on any atom is -0.366 e. The van der Waals surface area contributed by atoms with Crippen LogP contribution in [0.2, 0.25) is 5.28 Å². The number of hydrogen-bond donors (Lipinski definition) is 2. The lowest BCUT2D eigenvalue weighted by molar-refractivity contribution is -0.201. The van der Waals surface area contributed by atoms with Gasteiger partial charge in [0.15, 0.2) is 12.0 Å². The van der Waals surface area contributed by atoms with Gasteiger partial charge in [-0.2, -0.15) is 9.97 Å². The van der Waals surface area contributed by atoms with Gasteiger partial charge in [-0.15, -0.1) is 0 Å². The van der Waals surface area contributed by atoms with Crippen molar-refractivity contribution in [2.75, 3.05) is 24.9 Å². The molecule has 2 N–H and O–H groups in total. The van der Waals surface area contributed by atoms with Gasteiger partial charge in [-0.3, -0.25) is 4.57 Å². The van der Waals surface area contributed by atoms with E-state index in [0.29, 0.717) is 11.5 Å². The summed E-state index contributed by atoms with van der Waals surface area (Å²) in [7, 11) is -2.36. The predicted molar refractivity (Wildman–Crippen MR) is 136 cm³/mol. The molecule has 2 aliphatic rings. The highest BCUT2D eigenvalue weighted by Crippen LogP contribution is 2.45. The number of ether oxygens (including phenoxy) is 4. The number of aromatic nitrogens is 3. The van der Waals surface area contributed by atoms with E-state index in [0.717, 1.165) is 10.9 Å². The third-order valence-electron chi connectivity index (χ3n) is 6.66. The molecule has 2 aliphatic heterocycles. The molecule has 2 fully saturated rings. The van der Waals surface area contributed by atoms with Crippen molar-refractivity contribution in [1.82, 2.24) is 14.5 Å². The Morgan fingerprint density at radius 1 is 1.19 bits per heavy atom. The van der Waals surface area contributed by atoms with Crippen LogP contribution in [0.5, 0.6) is 0 Å². The van der Waals surface area contributed by atoms with Crippen LogP contribution >= 0.6 is 19.2 Å². The van der Waals surface area contributed by atoms with Crippen LogP contribution in [0, 0.1) is 0 Å². The third-order valence-corrected chi connectivity index (χ3v) is 7.35. The average Bonchev–Trinajstić information content (AvgIpc) is 3.48. The van der Waals surface area contributed by atoms with Crippen LogP contribution in [0.25, 0.3) is 11.0 Å². The number of anilines is 1. The zero-order valence-corrected chi connectivity index (χ0v) is 22.5. The maximum atomic E-state index is 11.2. The van der Waals surface area contributed by atoms with Crippen molar-refractivity contribution in [2.24, 2.45) is 0 Å². The molecule has 0 spiro atoms. The van der Waals surface area contributed by atoms with Crippen molar-refractivity contribution >= 4 is 36.0 Å². The van der Waals surface area contributed by atoms with Crippen LogP contribution in [0.4, 0.5) is 5.82 Å². The van der Waals surface area contributed by atoms with E-state index in [1.54, 1.807) is 13.8 Å². The number of rotatable bonds is 8. The van der Waals surface area contributed by atoms with Crippen molar-refractivity contribution < 1.29 is 33.3 Å². The lowest BCUT2D eigenvalue weighted by atomic mass is 10.1. The van der Waals surface area contributed by atoms with Crippen LogP contribution in [-0.4, -0.2) is 68.4 Å². The third kappa shape index (κ3) is 5.41. The van der Waals surface area contributed by atoms with E-state index < -0.39 is 44.3 Å². The first-order valence-electron chi connectivity index (χ1n) is 11.9. The summed E-state index contributed by atoms with van der Waals surface area (Å²) in [6.07, 6.45) is -1.12. The fourth-order valence-corrected chi connectivity index (χ4v) is 5.41. The van der Waals surface area contributed by atoms with Gasteiger partial charge in [-0.1, -0.05) is 30.3 Å². The Bertz CT molecular complexity index is 1320. The highest BCUT2D eigenvalue weighted by Gasteiger charge is 2.56. The Balaban J connectivity index is 1.47. The molecule has 1 aromatic carbocycles. The van der Waals surface area contributed by atoms with Crippen molar-refractivity contribution in [2.45, 2.75) is 57.1 Å². The molecule has 13 heteroatoms. The summed E-state index contributed by atoms with van der Waals surface area (Å²) in [5, 5.41) is 0.878. The summed E-state index contributed by atoms with van der Waals surface area (Å²) in [5.41, 5.74) is 1.70.